The molecule has 2 aliphatic rings. The fourth-order valence-corrected chi connectivity index (χ4v) is 3.67. The molecule has 2 amide bonds. The number of hydrogen-bond donors (Lipinski definition) is 1. The molecule has 2 saturated heterocycles. The summed E-state index contributed by atoms with van der Waals surface area (Å²) in [6.07, 6.45) is 5.18. The highest BCUT2D eigenvalue weighted by Gasteiger charge is 2.25. The molecule has 0 aromatic heterocycles. The van der Waals surface area contributed by atoms with Crippen LogP contribution in [0.2, 0.25) is 0 Å². The molecule has 2 fully saturated rings. The van der Waals surface area contributed by atoms with Gasteiger partial charge in [0.05, 0.1) is 12.6 Å². The van der Waals surface area contributed by atoms with Gasteiger partial charge in [-0.05, 0) is 37.9 Å². The molecular formula is C19H27N3O2. The predicted molar refractivity (Wildman–Crippen MR) is 93.4 cm³/mol. The van der Waals surface area contributed by atoms with E-state index in [9.17, 15) is 9.59 Å². The third-order valence-corrected chi connectivity index (χ3v) is 5.01. The Balaban J connectivity index is 1.59. The van der Waals surface area contributed by atoms with Crippen LogP contribution in [-0.2, 0) is 9.59 Å². The Labute approximate surface area is 144 Å². The number of benzene rings is 1. The zero-order valence-corrected chi connectivity index (χ0v) is 14.2. The van der Waals surface area contributed by atoms with Crippen LogP contribution in [0.4, 0.5) is 0 Å². The first-order chi connectivity index (χ1) is 11.7. The highest BCUT2D eigenvalue weighted by atomic mass is 16.2. The van der Waals surface area contributed by atoms with Crippen molar-refractivity contribution in [2.45, 2.75) is 38.1 Å². The molecule has 130 valence electrons. The second kappa shape index (κ2) is 8.29. The second-order valence-corrected chi connectivity index (χ2v) is 6.75. The van der Waals surface area contributed by atoms with Crippen molar-refractivity contribution in [1.82, 2.24) is 15.1 Å². The molecule has 0 saturated carbocycles. The maximum atomic E-state index is 12.2. The van der Waals surface area contributed by atoms with Crippen LogP contribution in [-0.4, -0.2) is 54.3 Å². The van der Waals surface area contributed by atoms with Crippen molar-refractivity contribution in [3.05, 3.63) is 35.9 Å². The maximum absolute atomic E-state index is 12.2. The molecule has 3 rings (SSSR count). The molecule has 0 bridgehead atoms. The molecule has 1 atom stereocenters. The number of nitrogens with zero attached hydrogens (tertiary/aromatic N) is 2. The molecule has 5 nitrogen and oxygen atoms in total. The minimum atomic E-state index is -0.0526. The van der Waals surface area contributed by atoms with Gasteiger partial charge >= 0.3 is 0 Å². The van der Waals surface area contributed by atoms with Crippen LogP contribution < -0.4 is 5.32 Å². The summed E-state index contributed by atoms with van der Waals surface area (Å²) in [4.78, 5) is 28.0. The fraction of sp³-hybridized carbons (Fsp3) is 0.579. The minimum absolute atomic E-state index is 0.0526. The molecule has 2 heterocycles. The van der Waals surface area contributed by atoms with Crippen molar-refractivity contribution >= 4 is 11.8 Å². The number of hydrogen-bond acceptors (Lipinski definition) is 3. The maximum Gasteiger partial charge on any atom is 0.239 e. The Kier molecular flexibility index (Phi) is 5.86. The minimum Gasteiger partial charge on any atom is -0.353 e. The Morgan fingerprint density at radius 1 is 1.04 bits per heavy atom. The van der Waals surface area contributed by atoms with E-state index >= 15 is 0 Å². The molecule has 1 N–H and O–H groups in total. The molecule has 0 unspecified atom stereocenters. The smallest absolute Gasteiger partial charge is 0.239 e. The largest absolute Gasteiger partial charge is 0.353 e. The third-order valence-electron chi connectivity index (χ3n) is 5.01. The molecule has 2 aliphatic heterocycles. The Morgan fingerprint density at radius 2 is 1.79 bits per heavy atom. The van der Waals surface area contributed by atoms with Gasteiger partial charge < -0.3 is 10.2 Å². The summed E-state index contributed by atoms with van der Waals surface area (Å²) >= 11 is 0. The Hall–Kier alpha value is -1.88. The molecule has 5 heteroatoms. The van der Waals surface area contributed by atoms with E-state index in [1.165, 1.54) is 24.8 Å². The predicted octanol–water partition coefficient (Wildman–Crippen LogP) is 1.95. The summed E-state index contributed by atoms with van der Waals surface area (Å²) in [5.41, 5.74) is 1.25. The Bertz CT molecular complexity index is 555. The average Bonchev–Trinajstić information content (AvgIpc) is 3.02. The monoisotopic (exact) mass is 329 g/mol. The summed E-state index contributed by atoms with van der Waals surface area (Å²) < 4.78 is 0. The lowest BCUT2D eigenvalue weighted by Gasteiger charge is -2.35. The van der Waals surface area contributed by atoms with Crippen LogP contribution in [0.1, 0.15) is 43.7 Å². The van der Waals surface area contributed by atoms with Crippen LogP contribution in [0, 0.1) is 0 Å². The van der Waals surface area contributed by atoms with E-state index in [0.717, 1.165) is 19.5 Å². The molecular weight excluding hydrogens is 302 g/mol. The van der Waals surface area contributed by atoms with Crippen LogP contribution in [0.25, 0.3) is 0 Å². The second-order valence-electron chi connectivity index (χ2n) is 6.75. The van der Waals surface area contributed by atoms with E-state index in [1.807, 2.05) is 6.07 Å². The first-order valence-corrected chi connectivity index (χ1v) is 9.07. The van der Waals surface area contributed by atoms with Crippen molar-refractivity contribution in [3.8, 4) is 0 Å². The van der Waals surface area contributed by atoms with E-state index < -0.39 is 0 Å². The highest BCUT2D eigenvalue weighted by molar-refractivity contribution is 5.85. The van der Waals surface area contributed by atoms with Gasteiger partial charge in [-0.15, -0.1) is 0 Å². The summed E-state index contributed by atoms with van der Waals surface area (Å²) in [5.74, 6) is 0.0454. The quantitative estimate of drug-likeness (QED) is 0.868. The van der Waals surface area contributed by atoms with Gasteiger partial charge in [0.1, 0.15) is 0 Å². The van der Waals surface area contributed by atoms with Gasteiger partial charge in [-0.2, -0.15) is 0 Å². The van der Waals surface area contributed by atoms with E-state index in [0.29, 0.717) is 19.5 Å². The van der Waals surface area contributed by atoms with Gasteiger partial charge in [-0.1, -0.05) is 36.8 Å². The number of carbonyl (C=O) groups excluding carboxylic acids is 2. The lowest BCUT2D eigenvalue weighted by molar-refractivity contribution is -0.133. The summed E-state index contributed by atoms with van der Waals surface area (Å²) in [7, 11) is 0. The van der Waals surface area contributed by atoms with Crippen LogP contribution >= 0.6 is 0 Å². The number of carbonyl (C=O) groups is 2. The van der Waals surface area contributed by atoms with E-state index in [1.54, 1.807) is 4.90 Å². The van der Waals surface area contributed by atoms with E-state index in [-0.39, 0.29) is 24.4 Å². The van der Waals surface area contributed by atoms with Crippen molar-refractivity contribution in [3.63, 3.8) is 0 Å². The Morgan fingerprint density at radius 3 is 2.46 bits per heavy atom. The number of rotatable bonds is 6. The highest BCUT2D eigenvalue weighted by Crippen LogP contribution is 2.24. The zero-order valence-electron chi connectivity index (χ0n) is 14.2. The summed E-state index contributed by atoms with van der Waals surface area (Å²) in [6, 6.07) is 10.6. The molecule has 0 radical (unpaired) electrons. The molecule has 1 aromatic carbocycles. The van der Waals surface area contributed by atoms with Gasteiger partial charge in [0.15, 0.2) is 0 Å². The standard InChI is InChI=1S/C19H27N3O2/c23-18(15-22-13-7-10-19(22)24)20-14-17(16-8-3-1-4-9-16)21-11-5-2-6-12-21/h1,3-4,8-9,17H,2,5-7,10-15H2,(H,20,23)/t17-/m1/s1. The first kappa shape index (κ1) is 17.0. The topological polar surface area (TPSA) is 52.7 Å². The summed E-state index contributed by atoms with van der Waals surface area (Å²) in [5, 5.41) is 3.05. The van der Waals surface area contributed by atoms with Gasteiger partial charge in [-0.3, -0.25) is 14.5 Å². The lowest BCUT2D eigenvalue weighted by Crippen LogP contribution is -2.43. The SMILES string of the molecule is O=C(CN1CCCC1=O)NC[C@H](c1ccccc1)N1CCCCC1. The lowest BCUT2D eigenvalue weighted by atomic mass is 10.0. The van der Waals surface area contributed by atoms with Crippen molar-refractivity contribution < 1.29 is 9.59 Å². The van der Waals surface area contributed by atoms with Gasteiger partial charge in [-0.25, -0.2) is 0 Å². The molecule has 24 heavy (non-hydrogen) atoms. The molecule has 0 aliphatic carbocycles. The number of nitrogens with one attached hydrogen (secondary N) is 1. The third kappa shape index (κ3) is 4.35. The van der Waals surface area contributed by atoms with Crippen LogP contribution in [0.3, 0.4) is 0 Å². The van der Waals surface area contributed by atoms with E-state index in [2.05, 4.69) is 34.5 Å². The fourth-order valence-electron chi connectivity index (χ4n) is 3.67. The molecule has 0 spiro atoms. The number of piperidine rings is 1. The molecule has 1 aromatic rings. The normalized spacial score (nSPS) is 20.2. The zero-order chi connectivity index (χ0) is 16.8. The van der Waals surface area contributed by atoms with Gasteiger partial charge in [0.25, 0.3) is 0 Å². The summed E-state index contributed by atoms with van der Waals surface area (Å²) in [6.45, 7) is 3.67. The van der Waals surface area contributed by atoms with Gasteiger partial charge in [0.2, 0.25) is 11.8 Å². The number of amides is 2. The van der Waals surface area contributed by atoms with Crippen LogP contribution in [0.15, 0.2) is 30.3 Å². The van der Waals surface area contributed by atoms with E-state index in [4.69, 9.17) is 0 Å². The van der Waals surface area contributed by atoms with Crippen molar-refractivity contribution in [2.75, 3.05) is 32.7 Å². The van der Waals surface area contributed by atoms with Crippen LogP contribution in [0.5, 0.6) is 0 Å². The first-order valence-electron chi connectivity index (χ1n) is 9.07. The van der Waals surface area contributed by atoms with Crippen molar-refractivity contribution in [1.29, 1.82) is 0 Å². The number of likely N-dealkylation sites (tertiary alicyclic amines) is 2. The van der Waals surface area contributed by atoms with Gasteiger partial charge in [0, 0.05) is 19.5 Å². The average molecular weight is 329 g/mol. The van der Waals surface area contributed by atoms with Crippen molar-refractivity contribution in [2.24, 2.45) is 0 Å².